The molecule has 1 aromatic carbocycles. The van der Waals surface area contributed by atoms with Crippen LogP contribution in [0.5, 0.6) is 5.75 Å². The van der Waals surface area contributed by atoms with Crippen LogP contribution in [0, 0.1) is 0 Å². The normalized spacial score (nSPS) is 14.4. The number of hydrogen-bond acceptors (Lipinski definition) is 3. The van der Waals surface area contributed by atoms with Gasteiger partial charge in [-0.2, -0.15) is 0 Å². The maximum atomic E-state index is 5.88. The first kappa shape index (κ1) is 14.0. The van der Waals surface area contributed by atoms with Crippen LogP contribution in [-0.2, 0) is 0 Å². The van der Waals surface area contributed by atoms with Crippen LogP contribution in [0.4, 0.5) is 0 Å². The highest BCUT2D eigenvalue weighted by Crippen LogP contribution is 2.17. The topological polar surface area (TPSA) is 47.3 Å². The van der Waals surface area contributed by atoms with Gasteiger partial charge in [0, 0.05) is 18.6 Å². The van der Waals surface area contributed by atoms with Crippen LogP contribution in [-0.4, -0.2) is 19.2 Å². The molecule has 96 valence electrons. The van der Waals surface area contributed by atoms with Crippen molar-refractivity contribution in [2.24, 2.45) is 5.73 Å². The van der Waals surface area contributed by atoms with Gasteiger partial charge in [0.15, 0.2) is 0 Å². The molecule has 0 bridgehead atoms. The van der Waals surface area contributed by atoms with Crippen molar-refractivity contribution in [1.29, 1.82) is 0 Å². The van der Waals surface area contributed by atoms with Crippen LogP contribution in [0.15, 0.2) is 24.3 Å². The van der Waals surface area contributed by atoms with E-state index in [9.17, 15) is 0 Å². The molecule has 0 aliphatic carbocycles. The van der Waals surface area contributed by atoms with Gasteiger partial charge in [-0.25, -0.2) is 0 Å². The highest BCUT2D eigenvalue weighted by molar-refractivity contribution is 5.28. The minimum Gasteiger partial charge on any atom is -0.494 e. The van der Waals surface area contributed by atoms with E-state index >= 15 is 0 Å². The van der Waals surface area contributed by atoms with Crippen molar-refractivity contribution in [3.8, 4) is 5.75 Å². The SMILES string of the molecule is CCOc1ccc(C(C)NCC(N)CC)cc1. The van der Waals surface area contributed by atoms with Crippen molar-refractivity contribution in [3.63, 3.8) is 0 Å². The van der Waals surface area contributed by atoms with Crippen LogP contribution in [0.1, 0.15) is 38.8 Å². The quantitative estimate of drug-likeness (QED) is 0.764. The third-order valence-electron chi connectivity index (χ3n) is 2.90. The van der Waals surface area contributed by atoms with Gasteiger partial charge in [-0.1, -0.05) is 19.1 Å². The minimum absolute atomic E-state index is 0.236. The Morgan fingerprint density at radius 3 is 2.41 bits per heavy atom. The summed E-state index contributed by atoms with van der Waals surface area (Å²) in [5, 5.41) is 3.44. The lowest BCUT2D eigenvalue weighted by Gasteiger charge is -2.17. The zero-order valence-corrected chi connectivity index (χ0v) is 11.1. The second-order valence-electron chi connectivity index (χ2n) is 4.30. The molecule has 0 saturated carbocycles. The molecule has 0 heterocycles. The molecular weight excluding hydrogens is 212 g/mol. The summed E-state index contributed by atoms with van der Waals surface area (Å²) in [6.45, 7) is 7.81. The summed E-state index contributed by atoms with van der Waals surface area (Å²) in [6.07, 6.45) is 1.00. The summed E-state index contributed by atoms with van der Waals surface area (Å²) in [7, 11) is 0. The van der Waals surface area contributed by atoms with Crippen LogP contribution in [0.2, 0.25) is 0 Å². The Balaban J connectivity index is 2.48. The molecule has 0 fully saturated rings. The molecule has 0 amide bonds. The Hall–Kier alpha value is -1.06. The smallest absolute Gasteiger partial charge is 0.119 e. The minimum atomic E-state index is 0.236. The first-order valence-corrected chi connectivity index (χ1v) is 6.39. The number of ether oxygens (including phenoxy) is 1. The fourth-order valence-electron chi connectivity index (χ4n) is 1.61. The van der Waals surface area contributed by atoms with Crippen molar-refractivity contribution in [2.75, 3.05) is 13.2 Å². The number of nitrogens with two attached hydrogens (primary N) is 1. The van der Waals surface area contributed by atoms with Gasteiger partial charge in [0.1, 0.15) is 5.75 Å². The van der Waals surface area contributed by atoms with Crippen LogP contribution in [0.25, 0.3) is 0 Å². The number of hydrogen-bond donors (Lipinski definition) is 2. The van der Waals surface area contributed by atoms with Gasteiger partial charge in [0.2, 0.25) is 0 Å². The van der Waals surface area contributed by atoms with E-state index in [0.717, 1.165) is 18.7 Å². The lowest BCUT2D eigenvalue weighted by atomic mass is 10.1. The fraction of sp³-hybridized carbons (Fsp3) is 0.571. The van der Waals surface area contributed by atoms with E-state index in [2.05, 4.69) is 31.3 Å². The lowest BCUT2D eigenvalue weighted by Crippen LogP contribution is -2.34. The summed E-state index contributed by atoms with van der Waals surface area (Å²) < 4.78 is 5.42. The van der Waals surface area contributed by atoms with Crippen LogP contribution in [0.3, 0.4) is 0 Å². The summed E-state index contributed by atoms with van der Waals surface area (Å²) in [4.78, 5) is 0. The van der Waals surface area contributed by atoms with Gasteiger partial charge >= 0.3 is 0 Å². The number of benzene rings is 1. The van der Waals surface area contributed by atoms with Crippen LogP contribution >= 0.6 is 0 Å². The third-order valence-corrected chi connectivity index (χ3v) is 2.90. The van der Waals surface area contributed by atoms with Crippen molar-refractivity contribution in [3.05, 3.63) is 29.8 Å². The Morgan fingerprint density at radius 1 is 1.24 bits per heavy atom. The molecule has 1 rings (SSSR count). The first-order chi connectivity index (χ1) is 8.17. The van der Waals surface area contributed by atoms with Crippen molar-refractivity contribution >= 4 is 0 Å². The summed E-state index contributed by atoms with van der Waals surface area (Å²) in [5.74, 6) is 0.925. The van der Waals surface area contributed by atoms with Gasteiger partial charge < -0.3 is 15.8 Å². The van der Waals surface area contributed by atoms with E-state index in [1.54, 1.807) is 0 Å². The standard InChI is InChI=1S/C14H24N2O/c1-4-13(15)10-16-11(3)12-6-8-14(9-7-12)17-5-2/h6-9,11,13,16H,4-5,10,15H2,1-3H3. The van der Waals surface area contributed by atoms with E-state index < -0.39 is 0 Å². The van der Waals surface area contributed by atoms with Crippen LogP contribution < -0.4 is 15.8 Å². The molecule has 0 aromatic heterocycles. The third kappa shape index (κ3) is 4.75. The van der Waals surface area contributed by atoms with Gasteiger partial charge in [-0.3, -0.25) is 0 Å². The van der Waals surface area contributed by atoms with Gasteiger partial charge in [-0.05, 0) is 38.0 Å². The molecule has 0 aliphatic heterocycles. The second-order valence-corrected chi connectivity index (χ2v) is 4.30. The maximum absolute atomic E-state index is 5.88. The first-order valence-electron chi connectivity index (χ1n) is 6.39. The van der Waals surface area contributed by atoms with E-state index in [-0.39, 0.29) is 6.04 Å². The van der Waals surface area contributed by atoms with Crippen molar-refractivity contribution in [1.82, 2.24) is 5.32 Å². The molecule has 3 N–H and O–H groups in total. The molecule has 0 aliphatic rings. The summed E-state index contributed by atoms with van der Waals surface area (Å²) >= 11 is 0. The molecule has 0 radical (unpaired) electrons. The zero-order chi connectivity index (χ0) is 12.7. The van der Waals surface area contributed by atoms with Gasteiger partial charge in [0.25, 0.3) is 0 Å². The maximum Gasteiger partial charge on any atom is 0.119 e. The number of rotatable bonds is 7. The van der Waals surface area contributed by atoms with E-state index in [1.807, 2.05) is 19.1 Å². The molecule has 1 aromatic rings. The molecule has 0 spiro atoms. The Morgan fingerprint density at radius 2 is 1.88 bits per heavy atom. The predicted molar refractivity (Wildman–Crippen MR) is 72.3 cm³/mol. The fourth-order valence-corrected chi connectivity index (χ4v) is 1.61. The molecule has 2 atom stereocenters. The zero-order valence-electron chi connectivity index (χ0n) is 11.1. The second kappa shape index (κ2) is 7.30. The average molecular weight is 236 g/mol. The van der Waals surface area contributed by atoms with Gasteiger partial charge in [-0.15, -0.1) is 0 Å². The molecule has 0 saturated heterocycles. The molecular formula is C14H24N2O. The molecule has 3 heteroatoms. The van der Waals surface area contributed by atoms with E-state index in [1.165, 1.54) is 5.56 Å². The molecule has 3 nitrogen and oxygen atoms in total. The Labute approximate surface area is 104 Å². The highest BCUT2D eigenvalue weighted by Gasteiger charge is 2.06. The molecule has 17 heavy (non-hydrogen) atoms. The number of nitrogens with one attached hydrogen (secondary N) is 1. The Bertz CT molecular complexity index is 311. The summed E-state index contributed by atoms with van der Waals surface area (Å²) in [6, 6.07) is 8.77. The van der Waals surface area contributed by atoms with Crippen molar-refractivity contribution < 1.29 is 4.74 Å². The summed E-state index contributed by atoms with van der Waals surface area (Å²) in [5.41, 5.74) is 7.14. The van der Waals surface area contributed by atoms with Gasteiger partial charge in [0.05, 0.1) is 6.61 Å². The largest absolute Gasteiger partial charge is 0.494 e. The van der Waals surface area contributed by atoms with E-state index in [4.69, 9.17) is 10.5 Å². The molecule has 2 unspecified atom stereocenters. The highest BCUT2D eigenvalue weighted by atomic mass is 16.5. The average Bonchev–Trinajstić information content (AvgIpc) is 2.36. The van der Waals surface area contributed by atoms with Crippen molar-refractivity contribution in [2.45, 2.75) is 39.3 Å². The lowest BCUT2D eigenvalue weighted by molar-refractivity contribution is 0.340. The Kier molecular flexibility index (Phi) is 6.01. The van der Waals surface area contributed by atoms with E-state index in [0.29, 0.717) is 12.6 Å². The predicted octanol–water partition coefficient (Wildman–Crippen LogP) is 2.47. The monoisotopic (exact) mass is 236 g/mol.